The van der Waals surface area contributed by atoms with E-state index in [1.54, 1.807) is 43.1 Å². The summed E-state index contributed by atoms with van der Waals surface area (Å²) in [4.78, 5) is 48.4. The molecule has 194 valence electrons. The van der Waals surface area contributed by atoms with Crippen molar-refractivity contribution in [2.75, 3.05) is 32.1 Å². The molecule has 2 aromatic heterocycles. The van der Waals surface area contributed by atoms with Crippen LogP contribution in [0, 0.1) is 0 Å². The van der Waals surface area contributed by atoms with Gasteiger partial charge in [0.25, 0.3) is 11.8 Å². The maximum absolute atomic E-state index is 13.7. The minimum atomic E-state index is -0.357. The molecule has 0 radical (unpaired) electrons. The van der Waals surface area contributed by atoms with Gasteiger partial charge in [0.15, 0.2) is 5.43 Å². The summed E-state index contributed by atoms with van der Waals surface area (Å²) in [5.74, 6) is 0.179. The molecule has 0 saturated carbocycles. The molecular weight excluding hydrogens is 478 g/mol. The van der Waals surface area contributed by atoms with Crippen molar-refractivity contribution in [2.45, 2.75) is 25.8 Å². The highest BCUT2D eigenvalue weighted by Gasteiger charge is 2.25. The van der Waals surface area contributed by atoms with E-state index < -0.39 is 0 Å². The maximum atomic E-state index is 13.7. The number of para-hydroxylation sites is 2. The van der Waals surface area contributed by atoms with Gasteiger partial charge in [-0.05, 0) is 55.7 Å². The largest absolute Gasteiger partial charge is 0.357 e. The topological polar surface area (TPSA) is 87.5 Å². The van der Waals surface area contributed by atoms with Crippen LogP contribution < -0.4 is 15.6 Å². The van der Waals surface area contributed by atoms with Crippen molar-refractivity contribution in [1.29, 1.82) is 0 Å². The van der Waals surface area contributed by atoms with E-state index in [0.29, 0.717) is 16.5 Å². The molecule has 0 unspecified atom stereocenters. The van der Waals surface area contributed by atoms with Crippen LogP contribution in [0.2, 0.25) is 0 Å². The van der Waals surface area contributed by atoms with Gasteiger partial charge in [0, 0.05) is 56.6 Å². The molecule has 8 nitrogen and oxygen atoms in total. The Kier molecular flexibility index (Phi) is 7.22. The van der Waals surface area contributed by atoms with Gasteiger partial charge in [-0.2, -0.15) is 0 Å². The molecule has 0 aliphatic carbocycles. The van der Waals surface area contributed by atoms with Crippen LogP contribution in [0.5, 0.6) is 0 Å². The molecule has 0 bridgehead atoms. The van der Waals surface area contributed by atoms with E-state index in [-0.39, 0.29) is 35.0 Å². The number of carbonyl (C=O) groups is 2. The summed E-state index contributed by atoms with van der Waals surface area (Å²) < 4.78 is 1.80. The molecular formula is C30H31N5O3. The number of fused-ring (bicyclic) bond motifs is 1. The molecule has 2 aromatic carbocycles. The average molecular weight is 510 g/mol. The average Bonchev–Trinajstić information content (AvgIpc) is 2.97. The summed E-state index contributed by atoms with van der Waals surface area (Å²) in [5.41, 5.74) is 1.95. The number of nitrogens with one attached hydrogen (secondary N) is 1. The molecule has 0 spiro atoms. The minimum Gasteiger partial charge on any atom is -0.357 e. The van der Waals surface area contributed by atoms with E-state index in [1.165, 1.54) is 11.3 Å². The van der Waals surface area contributed by atoms with Crippen molar-refractivity contribution in [3.63, 3.8) is 0 Å². The lowest BCUT2D eigenvalue weighted by molar-refractivity contribution is 0.0816. The first-order chi connectivity index (χ1) is 18.5. The van der Waals surface area contributed by atoms with Crippen LogP contribution in [0.15, 0.2) is 77.7 Å². The van der Waals surface area contributed by atoms with E-state index in [4.69, 9.17) is 0 Å². The SMILES string of the molecule is CN(C)C(=O)c1c(CNC(=O)c2ccc(N3CCCCC3)nc2)c(=O)c2ccccc2n1-c1ccccc1. The fourth-order valence-corrected chi connectivity index (χ4v) is 4.93. The van der Waals surface area contributed by atoms with Crippen LogP contribution in [-0.2, 0) is 6.54 Å². The number of benzene rings is 2. The van der Waals surface area contributed by atoms with Gasteiger partial charge in [-0.1, -0.05) is 30.3 Å². The van der Waals surface area contributed by atoms with Gasteiger partial charge in [0.2, 0.25) is 0 Å². The van der Waals surface area contributed by atoms with Crippen molar-refractivity contribution in [2.24, 2.45) is 0 Å². The third-order valence-electron chi connectivity index (χ3n) is 6.91. The molecule has 1 N–H and O–H groups in total. The van der Waals surface area contributed by atoms with Crippen molar-refractivity contribution >= 4 is 28.5 Å². The maximum Gasteiger partial charge on any atom is 0.270 e. The number of rotatable bonds is 6. The smallest absolute Gasteiger partial charge is 0.270 e. The van der Waals surface area contributed by atoms with Gasteiger partial charge < -0.3 is 19.7 Å². The number of hydrogen-bond donors (Lipinski definition) is 1. The number of hydrogen-bond acceptors (Lipinski definition) is 5. The quantitative estimate of drug-likeness (QED) is 0.424. The Labute approximate surface area is 221 Å². The van der Waals surface area contributed by atoms with Crippen LogP contribution in [-0.4, -0.2) is 53.5 Å². The number of anilines is 1. The lowest BCUT2D eigenvalue weighted by atomic mass is 10.0. The van der Waals surface area contributed by atoms with Crippen molar-refractivity contribution in [3.8, 4) is 5.69 Å². The van der Waals surface area contributed by atoms with E-state index in [2.05, 4.69) is 15.2 Å². The zero-order chi connectivity index (χ0) is 26.6. The van der Waals surface area contributed by atoms with Crippen molar-refractivity contribution in [3.05, 3.63) is 100.0 Å². The fourth-order valence-electron chi connectivity index (χ4n) is 4.93. The molecule has 1 aliphatic rings. The number of nitrogens with zero attached hydrogens (tertiary/aromatic N) is 4. The summed E-state index contributed by atoms with van der Waals surface area (Å²) in [6.45, 7) is 1.84. The first-order valence-electron chi connectivity index (χ1n) is 12.9. The van der Waals surface area contributed by atoms with Crippen molar-refractivity contribution < 1.29 is 9.59 Å². The summed E-state index contributed by atoms with van der Waals surface area (Å²) >= 11 is 0. The van der Waals surface area contributed by atoms with Gasteiger partial charge in [-0.15, -0.1) is 0 Å². The Morgan fingerprint density at radius 1 is 0.921 bits per heavy atom. The summed E-state index contributed by atoms with van der Waals surface area (Å²) in [7, 11) is 3.30. The minimum absolute atomic E-state index is 0.0991. The van der Waals surface area contributed by atoms with E-state index in [1.807, 2.05) is 48.5 Å². The fraction of sp³-hybridized carbons (Fsp3) is 0.267. The Hall–Kier alpha value is -4.46. The third-order valence-corrected chi connectivity index (χ3v) is 6.91. The number of pyridine rings is 2. The normalized spacial score (nSPS) is 13.4. The van der Waals surface area contributed by atoms with Crippen LogP contribution in [0.3, 0.4) is 0 Å². The Morgan fingerprint density at radius 2 is 1.63 bits per heavy atom. The number of piperidine rings is 1. The van der Waals surface area contributed by atoms with Gasteiger partial charge in [-0.25, -0.2) is 4.98 Å². The van der Waals surface area contributed by atoms with Crippen LogP contribution in [0.4, 0.5) is 5.82 Å². The van der Waals surface area contributed by atoms with Crippen molar-refractivity contribution in [1.82, 2.24) is 19.8 Å². The highest BCUT2D eigenvalue weighted by Crippen LogP contribution is 2.23. The van der Waals surface area contributed by atoms with Crippen LogP contribution in [0.25, 0.3) is 16.6 Å². The zero-order valence-corrected chi connectivity index (χ0v) is 21.7. The molecule has 8 heteroatoms. The lowest BCUT2D eigenvalue weighted by Gasteiger charge is -2.27. The van der Waals surface area contributed by atoms with Crippen LogP contribution in [0.1, 0.15) is 45.7 Å². The lowest BCUT2D eigenvalue weighted by Crippen LogP contribution is -2.34. The first kappa shape index (κ1) is 25.2. The second kappa shape index (κ2) is 10.9. The van der Waals surface area contributed by atoms with E-state index in [0.717, 1.165) is 37.4 Å². The third kappa shape index (κ3) is 4.89. The molecule has 2 amide bonds. The predicted octanol–water partition coefficient (Wildman–Crippen LogP) is 4.01. The van der Waals surface area contributed by atoms with Gasteiger partial charge in [0.05, 0.1) is 11.1 Å². The standard InChI is InChI=1S/C30H31N5O3/c1-33(2)30(38)27-24(20-32-29(37)21-15-16-26(31-19-21)34-17-9-4-10-18-34)28(36)23-13-7-8-14-25(23)35(27)22-11-5-3-6-12-22/h3,5-8,11-16,19H,4,9-10,17-18,20H2,1-2H3,(H,32,37). The predicted molar refractivity (Wildman–Crippen MR) is 149 cm³/mol. The van der Waals surface area contributed by atoms with Crippen LogP contribution >= 0.6 is 0 Å². The van der Waals surface area contributed by atoms with Gasteiger partial charge in [0.1, 0.15) is 11.5 Å². The zero-order valence-electron chi connectivity index (χ0n) is 21.7. The number of amides is 2. The van der Waals surface area contributed by atoms with Gasteiger partial charge >= 0.3 is 0 Å². The summed E-state index contributed by atoms with van der Waals surface area (Å²) in [6, 6.07) is 20.3. The molecule has 1 saturated heterocycles. The highest BCUT2D eigenvalue weighted by atomic mass is 16.2. The Morgan fingerprint density at radius 3 is 2.32 bits per heavy atom. The molecule has 38 heavy (non-hydrogen) atoms. The Bertz CT molecular complexity index is 1520. The Balaban J connectivity index is 1.52. The summed E-state index contributed by atoms with van der Waals surface area (Å²) in [5, 5.41) is 3.33. The second-order valence-corrected chi connectivity index (χ2v) is 9.68. The van der Waals surface area contributed by atoms with Gasteiger partial charge in [-0.3, -0.25) is 14.4 Å². The van der Waals surface area contributed by atoms with E-state index >= 15 is 0 Å². The molecule has 5 rings (SSSR count). The molecule has 1 aliphatic heterocycles. The summed E-state index contributed by atoms with van der Waals surface area (Å²) in [6.07, 6.45) is 5.08. The molecule has 4 aromatic rings. The molecule has 1 fully saturated rings. The number of aromatic nitrogens is 2. The number of carbonyl (C=O) groups excluding carboxylic acids is 2. The second-order valence-electron chi connectivity index (χ2n) is 9.68. The first-order valence-corrected chi connectivity index (χ1v) is 12.9. The van der Waals surface area contributed by atoms with E-state index in [9.17, 15) is 14.4 Å². The highest BCUT2D eigenvalue weighted by molar-refractivity contribution is 5.99. The monoisotopic (exact) mass is 509 g/mol. The molecule has 0 atom stereocenters. The molecule has 3 heterocycles.